The highest BCUT2D eigenvalue weighted by Gasteiger charge is 2.13. The van der Waals surface area contributed by atoms with Crippen molar-refractivity contribution in [1.82, 2.24) is 9.80 Å². The first kappa shape index (κ1) is 16.3. The van der Waals surface area contributed by atoms with Crippen LogP contribution in [0.1, 0.15) is 18.9 Å². The van der Waals surface area contributed by atoms with Crippen molar-refractivity contribution in [2.45, 2.75) is 25.8 Å². The van der Waals surface area contributed by atoms with E-state index < -0.39 is 0 Å². The fourth-order valence-corrected chi connectivity index (χ4v) is 2.51. The molecule has 0 radical (unpaired) electrons. The van der Waals surface area contributed by atoms with Gasteiger partial charge in [0.25, 0.3) is 0 Å². The maximum absolute atomic E-state index is 5.84. The first-order chi connectivity index (χ1) is 10.1. The minimum absolute atomic E-state index is 0.268. The van der Waals surface area contributed by atoms with Crippen molar-refractivity contribution in [3.63, 3.8) is 0 Å². The van der Waals surface area contributed by atoms with Crippen LogP contribution in [0.25, 0.3) is 0 Å². The summed E-state index contributed by atoms with van der Waals surface area (Å²) >= 11 is 0. The van der Waals surface area contributed by atoms with Gasteiger partial charge in [-0.3, -0.25) is 4.90 Å². The zero-order valence-corrected chi connectivity index (χ0v) is 13.4. The molecule has 2 N–H and O–H groups in total. The third kappa shape index (κ3) is 6.04. The number of nitrogens with zero attached hydrogens (tertiary/aromatic N) is 2. The molecule has 1 aromatic carbocycles. The summed E-state index contributed by atoms with van der Waals surface area (Å²) in [6.07, 6.45) is 2.07. The summed E-state index contributed by atoms with van der Waals surface area (Å²) in [5.74, 6) is 0.966. The fraction of sp³-hybridized carbons (Fsp3) is 0.647. The number of ether oxygens (including phenoxy) is 1. The van der Waals surface area contributed by atoms with Crippen molar-refractivity contribution in [1.29, 1.82) is 0 Å². The monoisotopic (exact) mass is 291 g/mol. The summed E-state index contributed by atoms with van der Waals surface area (Å²) in [6.45, 7) is 8.45. The predicted molar refractivity (Wildman–Crippen MR) is 87.8 cm³/mol. The lowest BCUT2D eigenvalue weighted by molar-refractivity contribution is 0.134. The van der Waals surface area contributed by atoms with Gasteiger partial charge in [-0.25, -0.2) is 0 Å². The van der Waals surface area contributed by atoms with Gasteiger partial charge in [0.2, 0.25) is 0 Å². The second kappa shape index (κ2) is 8.37. The molecule has 0 bridgehead atoms. The van der Waals surface area contributed by atoms with E-state index in [1.165, 1.54) is 5.56 Å². The van der Waals surface area contributed by atoms with Gasteiger partial charge in [-0.15, -0.1) is 0 Å². The highest BCUT2D eigenvalue weighted by Crippen LogP contribution is 2.14. The van der Waals surface area contributed by atoms with Gasteiger partial charge in [0.15, 0.2) is 0 Å². The zero-order valence-electron chi connectivity index (χ0n) is 13.4. The molecule has 21 heavy (non-hydrogen) atoms. The van der Waals surface area contributed by atoms with Crippen molar-refractivity contribution >= 4 is 0 Å². The van der Waals surface area contributed by atoms with E-state index in [0.717, 1.165) is 57.9 Å². The number of hydrogen-bond donors (Lipinski definition) is 1. The van der Waals surface area contributed by atoms with Gasteiger partial charge < -0.3 is 15.4 Å². The molecule has 118 valence electrons. The van der Waals surface area contributed by atoms with Crippen molar-refractivity contribution in [3.05, 3.63) is 29.8 Å². The number of benzene rings is 1. The quantitative estimate of drug-likeness (QED) is 0.828. The molecule has 4 nitrogen and oxygen atoms in total. The Balaban J connectivity index is 1.66. The van der Waals surface area contributed by atoms with E-state index in [1.54, 1.807) is 0 Å². The molecule has 1 fully saturated rings. The fourth-order valence-electron chi connectivity index (χ4n) is 2.51. The molecular formula is C17H29N3O. The summed E-state index contributed by atoms with van der Waals surface area (Å²) < 4.78 is 5.84. The Bertz CT molecular complexity index is 397. The van der Waals surface area contributed by atoms with E-state index >= 15 is 0 Å². The summed E-state index contributed by atoms with van der Waals surface area (Å²) in [5, 5.41) is 0. The van der Waals surface area contributed by atoms with Gasteiger partial charge >= 0.3 is 0 Å². The maximum atomic E-state index is 5.84. The summed E-state index contributed by atoms with van der Waals surface area (Å²) in [6, 6.07) is 8.70. The van der Waals surface area contributed by atoms with Crippen LogP contribution in [0.15, 0.2) is 24.3 Å². The smallest absolute Gasteiger partial charge is 0.119 e. The summed E-state index contributed by atoms with van der Waals surface area (Å²) in [7, 11) is 2.18. The number of rotatable bonds is 7. The summed E-state index contributed by atoms with van der Waals surface area (Å²) in [5.41, 5.74) is 7.12. The van der Waals surface area contributed by atoms with Crippen molar-refractivity contribution in [3.8, 4) is 5.75 Å². The standard InChI is InChI=1S/C17H29N3O/c1-15(18)3-4-16-5-7-17(8-6-16)21-14-13-20-11-9-19(2)10-12-20/h5-8,15H,3-4,9-14,18H2,1-2H3. The van der Waals surface area contributed by atoms with E-state index in [-0.39, 0.29) is 6.04 Å². The van der Waals surface area contributed by atoms with E-state index in [4.69, 9.17) is 10.5 Å². The van der Waals surface area contributed by atoms with Gasteiger partial charge in [0.1, 0.15) is 12.4 Å². The Morgan fingerprint density at radius 3 is 2.43 bits per heavy atom. The first-order valence-electron chi connectivity index (χ1n) is 8.02. The summed E-state index contributed by atoms with van der Waals surface area (Å²) in [4.78, 5) is 4.84. The second-order valence-electron chi connectivity index (χ2n) is 6.15. The van der Waals surface area contributed by atoms with Crippen molar-refractivity contribution < 1.29 is 4.74 Å². The van der Waals surface area contributed by atoms with E-state index in [1.807, 2.05) is 0 Å². The van der Waals surface area contributed by atoms with Gasteiger partial charge in [-0.1, -0.05) is 12.1 Å². The van der Waals surface area contributed by atoms with Crippen LogP contribution in [0.4, 0.5) is 0 Å². The molecular weight excluding hydrogens is 262 g/mol. The minimum atomic E-state index is 0.268. The lowest BCUT2D eigenvalue weighted by Gasteiger charge is -2.32. The molecule has 1 unspecified atom stereocenters. The van der Waals surface area contributed by atoms with Gasteiger partial charge in [-0.05, 0) is 44.5 Å². The van der Waals surface area contributed by atoms with Crippen LogP contribution < -0.4 is 10.5 Å². The molecule has 1 aliphatic heterocycles. The molecule has 0 aromatic heterocycles. The van der Waals surface area contributed by atoms with Gasteiger partial charge in [0, 0.05) is 38.8 Å². The van der Waals surface area contributed by atoms with Crippen LogP contribution in [-0.4, -0.2) is 62.2 Å². The Labute approximate surface area is 128 Å². The molecule has 1 atom stereocenters. The zero-order chi connectivity index (χ0) is 15.1. The molecule has 0 spiro atoms. The number of hydrogen-bond acceptors (Lipinski definition) is 4. The van der Waals surface area contributed by atoms with Crippen LogP contribution in [0, 0.1) is 0 Å². The Morgan fingerprint density at radius 1 is 1.14 bits per heavy atom. The Morgan fingerprint density at radius 2 is 1.81 bits per heavy atom. The van der Waals surface area contributed by atoms with E-state index in [0.29, 0.717) is 0 Å². The maximum Gasteiger partial charge on any atom is 0.119 e. The molecule has 0 amide bonds. The predicted octanol–water partition coefficient (Wildman–Crippen LogP) is 1.59. The number of nitrogens with two attached hydrogens (primary N) is 1. The second-order valence-corrected chi connectivity index (χ2v) is 6.15. The average molecular weight is 291 g/mol. The molecule has 1 saturated heterocycles. The third-order valence-corrected chi connectivity index (χ3v) is 4.08. The van der Waals surface area contributed by atoms with Crippen LogP contribution in [0.5, 0.6) is 5.75 Å². The van der Waals surface area contributed by atoms with Crippen LogP contribution in [0.2, 0.25) is 0 Å². The van der Waals surface area contributed by atoms with Crippen molar-refractivity contribution in [2.24, 2.45) is 5.73 Å². The molecule has 0 aliphatic carbocycles. The lowest BCUT2D eigenvalue weighted by atomic mass is 10.1. The van der Waals surface area contributed by atoms with Crippen LogP contribution in [-0.2, 0) is 6.42 Å². The topological polar surface area (TPSA) is 41.7 Å². The lowest BCUT2D eigenvalue weighted by Crippen LogP contribution is -2.45. The normalized spacial score (nSPS) is 18.6. The largest absolute Gasteiger partial charge is 0.492 e. The van der Waals surface area contributed by atoms with Gasteiger partial charge in [0.05, 0.1) is 0 Å². The molecule has 1 aromatic rings. The highest BCUT2D eigenvalue weighted by atomic mass is 16.5. The van der Waals surface area contributed by atoms with Gasteiger partial charge in [-0.2, -0.15) is 0 Å². The van der Waals surface area contributed by atoms with E-state index in [9.17, 15) is 0 Å². The van der Waals surface area contributed by atoms with Crippen LogP contribution in [0.3, 0.4) is 0 Å². The molecule has 2 rings (SSSR count). The number of likely N-dealkylation sites (N-methyl/N-ethyl adjacent to an activating group) is 1. The first-order valence-corrected chi connectivity index (χ1v) is 8.02. The van der Waals surface area contributed by atoms with E-state index in [2.05, 4.69) is 48.0 Å². The molecule has 4 heteroatoms. The molecule has 1 heterocycles. The SMILES string of the molecule is CC(N)CCc1ccc(OCCN2CCN(C)CC2)cc1. The number of aryl methyl sites for hydroxylation is 1. The average Bonchev–Trinajstić information content (AvgIpc) is 2.48. The van der Waals surface area contributed by atoms with Crippen molar-refractivity contribution in [2.75, 3.05) is 46.4 Å². The minimum Gasteiger partial charge on any atom is -0.492 e. The Hall–Kier alpha value is -1.10. The third-order valence-electron chi connectivity index (χ3n) is 4.08. The highest BCUT2D eigenvalue weighted by molar-refractivity contribution is 5.27. The molecule has 0 saturated carbocycles. The molecule has 1 aliphatic rings. The van der Waals surface area contributed by atoms with Crippen LogP contribution >= 0.6 is 0 Å². The number of piperazine rings is 1. The Kier molecular flexibility index (Phi) is 6.49.